The van der Waals surface area contributed by atoms with Crippen molar-refractivity contribution < 1.29 is 4.79 Å². The quantitative estimate of drug-likeness (QED) is 0.779. The first-order valence-corrected chi connectivity index (χ1v) is 9.50. The van der Waals surface area contributed by atoms with E-state index in [2.05, 4.69) is 22.4 Å². The lowest BCUT2D eigenvalue weighted by Gasteiger charge is -2.16. The van der Waals surface area contributed by atoms with Crippen LogP contribution in [-0.4, -0.2) is 35.9 Å². The van der Waals surface area contributed by atoms with Gasteiger partial charge in [-0.1, -0.05) is 23.8 Å². The number of allylic oxidation sites excluding steroid dienone is 1. The van der Waals surface area contributed by atoms with Crippen LogP contribution in [0.3, 0.4) is 0 Å². The van der Waals surface area contributed by atoms with Gasteiger partial charge in [-0.2, -0.15) is 0 Å². The molecule has 1 aliphatic carbocycles. The van der Waals surface area contributed by atoms with E-state index in [-0.39, 0.29) is 5.91 Å². The summed E-state index contributed by atoms with van der Waals surface area (Å²) in [5.74, 6) is 0.0926. The van der Waals surface area contributed by atoms with Gasteiger partial charge in [-0.3, -0.25) is 9.69 Å². The van der Waals surface area contributed by atoms with Crippen LogP contribution in [0.1, 0.15) is 37.1 Å². The number of nitrogens with one attached hydrogen (secondary N) is 1. The molecule has 0 fully saturated rings. The molecule has 1 N–H and O–H groups in total. The number of benzene rings is 1. The standard InChI is InChI=1S/C19H25N3OS/c1-22(14-19-21-16-9-5-6-10-17(16)24-19)13-18(23)20-12-11-15-7-3-2-4-8-15/h5-7,9-10H,2-4,8,11-14H2,1H3,(H,20,23). The Hall–Kier alpha value is -1.72. The zero-order valence-corrected chi connectivity index (χ0v) is 15.1. The van der Waals surface area contributed by atoms with Crippen LogP contribution in [0.2, 0.25) is 0 Å². The van der Waals surface area contributed by atoms with Gasteiger partial charge in [0.05, 0.1) is 23.3 Å². The van der Waals surface area contributed by atoms with E-state index in [1.54, 1.807) is 11.3 Å². The van der Waals surface area contributed by atoms with E-state index in [9.17, 15) is 4.79 Å². The Labute approximate surface area is 147 Å². The Morgan fingerprint density at radius 3 is 3.00 bits per heavy atom. The molecule has 4 nitrogen and oxygen atoms in total. The summed E-state index contributed by atoms with van der Waals surface area (Å²) in [6, 6.07) is 8.15. The second-order valence-electron chi connectivity index (χ2n) is 6.46. The van der Waals surface area contributed by atoms with Crippen molar-refractivity contribution >= 4 is 27.5 Å². The topological polar surface area (TPSA) is 45.2 Å². The lowest BCUT2D eigenvalue weighted by Crippen LogP contribution is -2.35. The highest BCUT2D eigenvalue weighted by Gasteiger charge is 2.10. The van der Waals surface area contributed by atoms with Gasteiger partial charge in [0.15, 0.2) is 0 Å². The zero-order chi connectivity index (χ0) is 16.8. The predicted molar refractivity (Wildman–Crippen MR) is 100 cm³/mol. The van der Waals surface area contributed by atoms with Gasteiger partial charge < -0.3 is 5.32 Å². The fraction of sp³-hybridized carbons (Fsp3) is 0.474. The van der Waals surface area contributed by atoms with E-state index in [4.69, 9.17) is 0 Å². The number of likely N-dealkylation sites (N-methyl/N-ethyl adjacent to an activating group) is 1. The number of amides is 1. The molecule has 2 aromatic rings. The molecular weight excluding hydrogens is 318 g/mol. The molecule has 0 bridgehead atoms. The molecule has 1 aliphatic rings. The number of hydrogen-bond donors (Lipinski definition) is 1. The largest absolute Gasteiger partial charge is 0.355 e. The second kappa shape index (κ2) is 8.40. The average Bonchev–Trinajstić information content (AvgIpc) is 2.97. The van der Waals surface area contributed by atoms with Crippen molar-refractivity contribution in [2.75, 3.05) is 20.1 Å². The first kappa shape index (κ1) is 17.1. The first-order chi connectivity index (χ1) is 11.7. The van der Waals surface area contributed by atoms with Crippen LogP contribution in [0.4, 0.5) is 0 Å². The maximum atomic E-state index is 12.1. The molecule has 1 aromatic carbocycles. The van der Waals surface area contributed by atoms with Crippen molar-refractivity contribution in [3.05, 3.63) is 40.9 Å². The predicted octanol–water partition coefficient (Wildman–Crippen LogP) is 3.73. The monoisotopic (exact) mass is 343 g/mol. The van der Waals surface area contributed by atoms with Crippen molar-refractivity contribution in [2.45, 2.75) is 38.6 Å². The number of nitrogens with zero attached hydrogens (tertiary/aromatic N) is 2. The summed E-state index contributed by atoms with van der Waals surface area (Å²) in [7, 11) is 1.97. The van der Waals surface area contributed by atoms with Crippen LogP contribution in [-0.2, 0) is 11.3 Å². The number of para-hydroxylation sites is 1. The van der Waals surface area contributed by atoms with Crippen molar-refractivity contribution in [1.82, 2.24) is 15.2 Å². The molecule has 0 saturated heterocycles. The molecule has 1 amide bonds. The Balaban J connectivity index is 1.41. The van der Waals surface area contributed by atoms with E-state index >= 15 is 0 Å². The number of aromatic nitrogens is 1. The summed E-state index contributed by atoms with van der Waals surface area (Å²) in [5, 5.41) is 4.09. The second-order valence-corrected chi connectivity index (χ2v) is 7.57. The van der Waals surface area contributed by atoms with Crippen molar-refractivity contribution in [3.8, 4) is 0 Å². The van der Waals surface area contributed by atoms with E-state index < -0.39 is 0 Å². The minimum atomic E-state index is 0.0926. The zero-order valence-electron chi connectivity index (χ0n) is 14.3. The van der Waals surface area contributed by atoms with Gasteiger partial charge in [0.25, 0.3) is 0 Å². The van der Waals surface area contributed by atoms with Crippen LogP contribution in [0.5, 0.6) is 0 Å². The van der Waals surface area contributed by atoms with Crippen molar-refractivity contribution in [1.29, 1.82) is 0 Å². The van der Waals surface area contributed by atoms with Crippen LogP contribution in [0.25, 0.3) is 10.2 Å². The molecular formula is C19H25N3OS. The minimum absolute atomic E-state index is 0.0926. The molecule has 0 aliphatic heterocycles. The summed E-state index contributed by atoms with van der Waals surface area (Å²) in [5.41, 5.74) is 2.54. The highest BCUT2D eigenvalue weighted by molar-refractivity contribution is 7.18. The first-order valence-electron chi connectivity index (χ1n) is 8.68. The summed E-state index contributed by atoms with van der Waals surface area (Å²) in [4.78, 5) is 18.7. The normalized spacial score (nSPS) is 14.8. The smallest absolute Gasteiger partial charge is 0.234 e. The highest BCUT2D eigenvalue weighted by atomic mass is 32.1. The lowest BCUT2D eigenvalue weighted by atomic mass is 9.97. The van der Waals surface area contributed by atoms with E-state index in [1.807, 2.05) is 30.1 Å². The number of hydrogen-bond acceptors (Lipinski definition) is 4. The maximum absolute atomic E-state index is 12.1. The Morgan fingerprint density at radius 1 is 1.33 bits per heavy atom. The third-order valence-corrected chi connectivity index (χ3v) is 5.33. The van der Waals surface area contributed by atoms with Gasteiger partial charge in [-0.15, -0.1) is 11.3 Å². The van der Waals surface area contributed by atoms with Gasteiger partial charge >= 0.3 is 0 Å². The molecule has 3 rings (SSSR count). The van der Waals surface area contributed by atoms with Crippen LogP contribution < -0.4 is 5.32 Å². The number of carbonyl (C=O) groups is 1. The Morgan fingerprint density at radius 2 is 2.21 bits per heavy atom. The molecule has 0 atom stereocenters. The molecule has 5 heteroatoms. The van der Waals surface area contributed by atoms with Crippen molar-refractivity contribution in [2.24, 2.45) is 0 Å². The van der Waals surface area contributed by atoms with Crippen LogP contribution in [0.15, 0.2) is 35.9 Å². The summed E-state index contributed by atoms with van der Waals surface area (Å²) in [6.45, 7) is 1.87. The van der Waals surface area contributed by atoms with Gasteiger partial charge in [0.2, 0.25) is 5.91 Å². The van der Waals surface area contributed by atoms with Crippen molar-refractivity contribution in [3.63, 3.8) is 0 Å². The molecule has 0 unspecified atom stereocenters. The summed E-state index contributed by atoms with van der Waals surface area (Å²) >= 11 is 1.70. The van der Waals surface area contributed by atoms with Crippen LogP contribution >= 0.6 is 11.3 Å². The molecule has 0 radical (unpaired) electrons. The number of fused-ring (bicyclic) bond motifs is 1. The van der Waals surface area contributed by atoms with E-state index in [1.165, 1.54) is 36.0 Å². The third kappa shape index (κ3) is 4.89. The van der Waals surface area contributed by atoms with Crippen LogP contribution in [0, 0.1) is 0 Å². The lowest BCUT2D eigenvalue weighted by molar-refractivity contribution is -0.122. The minimum Gasteiger partial charge on any atom is -0.355 e. The molecule has 1 heterocycles. The van der Waals surface area contributed by atoms with Gasteiger partial charge in [-0.25, -0.2) is 4.98 Å². The van der Waals surface area contributed by atoms with Gasteiger partial charge in [0.1, 0.15) is 5.01 Å². The molecule has 0 saturated carbocycles. The molecule has 1 aromatic heterocycles. The SMILES string of the molecule is CN(CC(=O)NCCC1=CCCCC1)Cc1nc2ccccc2s1. The van der Waals surface area contributed by atoms with Gasteiger partial charge in [-0.05, 0) is 51.3 Å². The summed E-state index contributed by atoms with van der Waals surface area (Å²) < 4.78 is 1.20. The Kier molecular flexibility index (Phi) is 5.99. The molecule has 24 heavy (non-hydrogen) atoms. The summed E-state index contributed by atoms with van der Waals surface area (Å²) in [6.07, 6.45) is 8.35. The highest BCUT2D eigenvalue weighted by Crippen LogP contribution is 2.22. The Bertz CT molecular complexity index is 689. The number of carbonyl (C=O) groups excluding carboxylic acids is 1. The fourth-order valence-electron chi connectivity index (χ4n) is 3.07. The third-order valence-electron chi connectivity index (χ3n) is 4.31. The fourth-order valence-corrected chi connectivity index (χ4v) is 4.12. The molecule has 128 valence electrons. The van der Waals surface area contributed by atoms with Gasteiger partial charge in [0, 0.05) is 6.54 Å². The van der Waals surface area contributed by atoms with E-state index in [0.717, 1.165) is 23.5 Å². The van der Waals surface area contributed by atoms with E-state index in [0.29, 0.717) is 13.1 Å². The molecule has 0 spiro atoms. The number of rotatable bonds is 7. The number of thiazole rings is 1. The maximum Gasteiger partial charge on any atom is 0.234 e. The average molecular weight is 343 g/mol.